The molecule has 0 aliphatic heterocycles. The van der Waals surface area contributed by atoms with E-state index >= 15 is 0 Å². The average Bonchev–Trinajstić information content (AvgIpc) is 2.54. The average molecular weight is 333 g/mol. The lowest BCUT2D eigenvalue weighted by Crippen LogP contribution is -2.00. The number of benzene rings is 2. The highest BCUT2D eigenvalue weighted by molar-refractivity contribution is 6.34. The van der Waals surface area contributed by atoms with Crippen molar-refractivity contribution in [3.8, 4) is 28.6 Å². The minimum atomic E-state index is -0.224. The SMILES string of the molecule is COc1cc(-c2cc(=O)c3cccc(Cl)c3o2)cc(O)c1OC. The molecule has 2 aromatic carbocycles. The Balaban J connectivity index is 2.27. The number of halogens is 1. The fourth-order valence-electron chi connectivity index (χ4n) is 2.37. The van der Waals surface area contributed by atoms with Crippen molar-refractivity contribution in [1.29, 1.82) is 0 Å². The summed E-state index contributed by atoms with van der Waals surface area (Å²) in [6.07, 6.45) is 0. The lowest BCUT2D eigenvalue weighted by atomic mass is 10.1. The predicted octanol–water partition coefficient (Wildman–Crippen LogP) is 3.84. The number of fused-ring (bicyclic) bond motifs is 1. The van der Waals surface area contributed by atoms with E-state index in [1.807, 2.05) is 0 Å². The molecule has 1 heterocycles. The molecule has 0 bridgehead atoms. The predicted molar refractivity (Wildman–Crippen MR) is 87.7 cm³/mol. The van der Waals surface area contributed by atoms with Gasteiger partial charge in [0, 0.05) is 11.6 Å². The van der Waals surface area contributed by atoms with E-state index in [1.54, 1.807) is 24.3 Å². The quantitative estimate of drug-likeness (QED) is 0.789. The zero-order chi connectivity index (χ0) is 16.6. The zero-order valence-corrected chi connectivity index (χ0v) is 13.2. The van der Waals surface area contributed by atoms with E-state index in [-0.39, 0.29) is 22.7 Å². The fourth-order valence-corrected chi connectivity index (χ4v) is 2.58. The highest BCUT2D eigenvalue weighted by Crippen LogP contribution is 2.40. The van der Waals surface area contributed by atoms with E-state index < -0.39 is 0 Å². The lowest BCUT2D eigenvalue weighted by molar-refractivity contribution is 0.333. The summed E-state index contributed by atoms with van der Waals surface area (Å²) < 4.78 is 16.0. The van der Waals surface area contributed by atoms with Crippen LogP contribution in [0, 0.1) is 0 Å². The molecule has 3 aromatic rings. The summed E-state index contributed by atoms with van der Waals surface area (Å²) in [4.78, 5) is 12.3. The summed E-state index contributed by atoms with van der Waals surface area (Å²) in [6, 6.07) is 9.36. The van der Waals surface area contributed by atoms with Crippen molar-refractivity contribution in [3.05, 3.63) is 51.6 Å². The summed E-state index contributed by atoms with van der Waals surface area (Å²) in [5.74, 6) is 0.678. The highest BCUT2D eigenvalue weighted by atomic mass is 35.5. The molecule has 0 unspecified atom stereocenters. The van der Waals surface area contributed by atoms with Gasteiger partial charge in [-0.05, 0) is 24.3 Å². The van der Waals surface area contributed by atoms with Gasteiger partial charge in [-0.25, -0.2) is 0 Å². The molecule has 0 amide bonds. The van der Waals surface area contributed by atoms with Gasteiger partial charge in [-0.3, -0.25) is 4.79 Å². The highest BCUT2D eigenvalue weighted by Gasteiger charge is 2.15. The van der Waals surface area contributed by atoms with Crippen LogP contribution in [0.1, 0.15) is 0 Å². The molecule has 0 saturated heterocycles. The molecule has 23 heavy (non-hydrogen) atoms. The minimum absolute atomic E-state index is 0.122. The molecule has 1 aromatic heterocycles. The van der Waals surface area contributed by atoms with Gasteiger partial charge in [-0.15, -0.1) is 0 Å². The molecule has 6 heteroatoms. The summed E-state index contributed by atoms with van der Waals surface area (Å²) >= 11 is 6.10. The van der Waals surface area contributed by atoms with Gasteiger partial charge >= 0.3 is 0 Å². The number of para-hydroxylation sites is 1. The molecule has 1 N–H and O–H groups in total. The van der Waals surface area contributed by atoms with Crippen LogP contribution >= 0.6 is 11.6 Å². The smallest absolute Gasteiger partial charge is 0.203 e. The molecule has 0 fully saturated rings. The van der Waals surface area contributed by atoms with Crippen LogP contribution in [-0.4, -0.2) is 19.3 Å². The topological polar surface area (TPSA) is 68.9 Å². The normalized spacial score (nSPS) is 10.7. The number of hydrogen-bond donors (Lipinski definition) is 1. The molecule has 0 aliphatic rings. The van der Waals surface area contributed by atoms with Crippen molar-refractivity contribution >= 4 is 22.6 Å². The molecule has 0 radical (unpaired) electrons. The first-order valence-electron chi connectivity index (χ1n) is 6.73. The molecule has 5 nitrogen and oxygen atoms in total. The molecule has 0 saturated carbocycles. The van der Waals surface area contributed by atoms with Crippen molar-refractivity contribution in [2.24, 2.45) is 0 Å². The van der Waals surface area contributed by atoms with Crippen LogP contribution in [0.2, 0.25) is 5.02 Å². The van der Waals surface area contributed by atoms with Crippen LogP contribution in [-0.2, 0) is 0 Å². The van der Waals surface area contributed by atoms with E-state index in [9.17, 15) is 9.90 Å². The van der Waals surface area contributed by atoms with Gasteiger partial charge in [0.15, 0.2) is 22.5 Å². The van der Waals surface area contributed by atoms with Gasteiger partial charge in [0.05, 0.1) is 24.6 Å². The third kappa shape index (κ3) is 2.59. The maximum absolute atomic E-state index is 12.3. The van der Waals surface area contributed by atoms with E-state index in [0.717, 1.165) is 0 Å². The van der Waals surface area contributed by atoms with Crippen molar-refractivity contribution in [2.75, 3.05) is 14.2 Å². The van der Waals surface area contributed by atoms with E-state index in [2.05, 4.69) is 0 Å². The Labute approximate surface area is 136 Å². The number of methoxy groups -OCH3 is 2. The number of phenolic OH excluding ortho intramolecular Hbond substituents is 1. The Kier molecular flexibility index (Phi) is 3.88. The Morgan fingerprint density at radius 2 is 1.91 bits per heavy atom. The molecule has 118 valence electrons. The fraction of sp³-hybridized carbons (Fsp3) is 0.118. The second-order valence-electron chi connectivity index (χ2n) is 4.82. The Hall–Kier alpha value is -2.66. The first-order valence-corrected chi connectivity index (χ1v) is 7.10. The standard InChI is InChI=1S/C17H13ClO5/c1-21-15-7-9(6-13(20)17(15)22-2)14-8-12(19)10-4-3-5-11(18)16(10)23-14/h3-8,20H,1-2H3. The van der Waals surface area contributed by atoms with Crippen LogP contribution in [0.5, 0.6) is 17.2 Å². The van der Waals surface area contributed by atoms with Gasteiger partial charge < -0.3 is 19.0 Å². The maximum Gasteiger partial charge on any atom is 0.203 e. The third-order valence-corrected chi connectivity index (χ3v) is 3.75. The van der Waals surface area contributed by atoms with Crippen molar-refractivity contribution < 1.29 is 19.0 Å². The summed E-state index contributed by atoms with van der Waals surface area (Å²) in [7, 11) is 2.88. The zero-order valence-electron chi connectivity index (χ0n) is 12.4. The second-order valence-corrected chi connectivity index (χ2v) is 5.23. The Morgan fingerprint density at radius 1 is 1.13 bits per heavy atom. The number of ether oxygens (including phenoxy) is 2. The van der Waals surface area contributed by atoms with Gasteiger partial charge in [0.25, 0.3) is 0 Å². The van der Waals surface area contributed by atoms with Gasteiger partial charge in [-0.1, -0.05) is 17.7 Å². The van der Waals surface area contributed by atoms with Gasteiger partial charge in [0.1, 0.15) is 5.76 Å². The maximum atomic E-state index is 12.3. The molecular weight excluding hydrogens is 320 g/mol. The minimum Gasteiger partial charge on any atom is -0.504 e. The second kappa shape index (κ2) is 5.85. The number of aromatic hydroxyl groups is 1. The van der Waals surface area contributed by atoms with Crippen molar-refractivity contribution in [2.45, 2.75) is 0 Å². The monoisotopic (exact) mass is 332 g/mol. The number of rotatable bonds is 3. The first kappa shape index (κ1) is 15.2. The van der Waals surface area contributed by atoms with Crippen LogP contribution in [0.25, 0.3) is 22.3 Å². The van der Waals surface area contributed by atoms with Crippen LogP contribution in [0.3, 0.4) is 0 Å². The van der Waals surface area contributed by atoms with Crippen LogP contribution in [0.4, 0.5) is 0 Å². The molecule has 0 atom stereocenters. The van der Waals surface area contributed by atoms with Crippen molar-refractivity contribution in [1.82, 2.24) is 0 Å². The summed E-state index contributed by atoms with van der Waals surface area (Å²) in [6.45, 7) is 0. The Morgan fingerprint density at radius 3 is 2.61 bits per heavy atom. The van der Waals surface area contributed by atoms with Crippen LogP contribution in [0.15, 0.2) is 45.6 Å². The van der Waals surface area contributed by atoms with E-state index in [0.29, 0.717) is 27.3 Å². The number of phenols is 1. The molecular formula is C17H13ClO5. The van der Waals surface area contributed by atoms with E-state index in [4.69, 9.17) is 25.5 Å². The van der Waals surface area contributed by atoms with Gasteiger partial charge in [-0.2, -0.15) is 0 Å². The van der Waals surface area contributed by atoms with E-state index in [1.165, 1.54) is 26.4 Å². The lowest BCUT2D eigenvalue weighted by Gasteiger charge is -2.11. The molecule has 0 spiro atoms. The number of hydrogen-bond acceptors (Lipinski definition) is 5. The van der Waals surface area contributed by atoms with Gasteiger partial charge in [0.2, 0.25) is 5.75 Å². The third-order valence-electron chi connectivity index (χ3n) is 3.45. The Bertz CT molecular complexity index is 946. The van der Waals surface area contributed by atoms with Crippen LogP contribution < -0.4 is 14.9 Å². The summed E-state index contributed by atoms with van der Waals surface area (Å²) in [5, 5.41) is 10.8. The molecule has 3 rings (SSSR count). The summed E-state index contributed by atoms with van der Waals surface area (Å²) in [5.41, 5.74) is 0.544. The van der Waals surface area contributed by atoms with Crippen molar-refractivity contribution in [3.63, 3.8) is 0 Å². The first-order chi connectivity index (χ1) is 11.0. The largest absolute Gasteiger partial charge is 0.504 e. The molecule has 0 aliphatic carbocycles.